The quantitative estimate of drug-likeness (QED) is 0.276. The minimum Gasteiger partial charge on any atom is -0.458 e. The summed E-state index contributed by atoms with van der Waals surface area (Å²) in [6, 6.07) is 0. The van der Waals surface area contributed by atoms with Crippen molar-refractivity contribution in [2.24, 2.45) is 34.5 Å². The van der Waals surface area contributed by atoms with Crippen LogP contribution in [0.2, 0.25) is 0 Å². The Kier molecular flexibility index (Phi) is 7.93. The molecule has 1 heterocycles. The molecule has 4 saturated carbocycles. The molecule has 5 rings (SSSR count). The summed E-state index contributed by atoms with van der Waals surface area (Å²) in [7, 11) is 11.9. The molecule has 42 heavy (non-hydrogen) atoms. The van der Waals surface area contributed by atoms with Crippen molar-refractivity contribution in [3.8, 4) is 0 Å². The van der Waals surface area contributed by atoms with Gasteiger partial charge in [-0.3, -0.25) is 0 Å². The molecular formula is C33H54N2O7+2. The Morgan fingerprint density at radius 2 is 1.57 bits per heavy atom. The van der Waals surface area contributed by atoms with E-state index in [9.17, 15) is 19.5 Å². The average molecular weight is 591 g/mol. The van der Waals surface area contributed by atoms with Crippen molar-refractivity contribution in [2.75, 3.05) is 62.0 Å². The molecule has 0 aromatic carbocycles. The number of nitrogens with zero attached hydrogens (tertiary/aromatic N) is 2. The number of ether oxygens (including phenoxy) is 3. The first-order valence-corrected chi connectivity index (χ1v) is 15.9. The van der Waals surface area contributed by atoms with Gasteiger partial charge >= 0.3 is 17.9 Å². The van der Waals surface area contributed by atoms with Gasteiger partial charge in [-0.2, -0.15) is 0 Å². The zero-order chi connectivity index (χ0) is 30.9. The number of quaternary nitrogens is 2. The molecule has 5 aliphatic rings. The topological polar surface area (TPSA) is 99.1 Å². The number of rotatable bonds is 7. The van der Waals surface area contributed by atoms with Crippen molar-refractivity contribution in [1.29, 1.82) is 0 Å². The fraction of sp³-hybridized carbons (Fsp3) is 0.848. The number of esters is 3. The van der Waals surface area contributed by atoms with Crippen molar-refractivity contribution in [3.63, 3.8) is 0 Å². The van der Waals surface area contributed by atoms with Crippen LogP contribution in [0, 0.1) is 34.5 Å². The highest BCUT2D eigenvalue weighted by Gasteiger charge is 2.71. The van der Waals surface area contributed by atoms with Crippen LogP contribution in [0.25, 0.3) is 0 Å². The van der Waals surface area contributed by atoms with E-state index in [0.717, 1.165) is 50.5 Å². The van der Waals surface area contributed by atoms with Gasteiger partial charge in [-0.15, -0.1) is 0 Å². The van der Waals surface area contributed by atoms with E-state index < -0.39 is 17.1 Å². The summed E-state index contributed by atoms with van der Waals surface area (Å²) in [5.41, 5.74) is -0.647. The highest BCUT2D eigenvalue weighted by molar-refractivity contribution is 5.85. The predicted octanol–water partition coefficient (Wildman–Crippen LogP) is 3.09. The summed E-state index contributed by atoms with van der Waals surface area (Å²) in [5, 5.41) is 12.8. The van der Waals surface area contributed by atoms with E-state index >= 15 is 0 Å². The summed E-state index contributed by atoms with van der Waals surface area (Å²) in [4.78, 5) is 37.8. The number of cyclic esters (lactones) is 1. The molecule has 9 nitrogen and oxygen atoms in total. The molecule has 0 spiro atoms. The second-order valence-corrected chi connectivity index (χ2v) is 16.7. The largest absolute Gasteiger partial charge is 0.458 e. The Labute approximate surface area is 251 Å². The zero-order valence-electron chi connectivity index (χ0n) is 27.1. The van der Waals surface area contributed by atoms with E-state index in [2.05, 4.69) is 13.8 Å². The Bertz CT molecular complexity index is 1140. The third-order valence-corrected chi connectivity index (χ3v) is 11.7. The van der Waals surface area contributed by atoms with Crippen molar-refractivity contribution < 1.29 is 42.7 Å². The highest BCUT2D eigenvalue weighted by Crippen LogP contribution is 2.70. The van der Waals surface area contributed by atoms with Gasteiger partial charge in [0, 0.05) is 23.8 Å². The number of hydrogen-bond donors (Lipinski definition) is 1. The van der Waals surface area contributed by atoms with Crippen LogP contribution in [0.1, 0.15) is 65.2 Å². The van der Waals surface area contributed by atoms with Crippen LogP contribution in [0.4, 0.5) is 0 Å². The molecule has 9 atom stereocenters. The Hall–Kier alpha value is -1.97. The Morgan fingerprint density at radius 3 is 2.17 bits per heavy atom. The first-order valence-electron chi connectivity index (χ1n) is 15.9. The number of carbonyl (C=O) groups is 3. The SMILES string of the molecule is CC12CCC(OC(=O)C[N+](C)(C)C)CC1CC[C@@H]1[C@@H]2CCC2(C)C(C3=CC(=O)OC3)C(OC(=O)C[N+](C)(C)C)CC12O. The molecule has 1 N–H and O–H groups in total. The number of aliphatic hydroxyl groups is 1. The van der Waals surface area contributed by atoms with Crippen LogP contribution in [-0.4, -0.2) is 112 Å². The molecule has 0 amide bonds. The molecule has 236 valence electrons. The summed E-state index contributed by atoms with van der Waals surface area (Å²) in [6.45, 7) is 5.36. The van der Waals surface area contributed by atoms with Gasteiger partial charge in [-0.25, -0.2) is 14.4 Å². The van der Waals surface area contributed by atoms with E-state index in [1.165, 1.54) is 0 Å². The van der Waals surface area contributed by atoms with Crippen LogP contribution >= 0.6 is 0 Å². The maximum absolute atomic E-state index is 13.1. The lowest BCUT2D eigenvalue weighted by molar-refractivity contribution is -0.862. The predicted molar refractivity (Wildman–Crippen MR) is 157 cm³/mol. The lowest BCUT2D eigenvalue weighted by Crippen LogP contribution is -2.62. The van der Waals surface area contributed by atoms with Gasteiger partial charge < -0.3 is 28.3 Å². The van der Waals surface area contributed by atoms with Gasteiger partial charge in [0.1, 0.15) is 18.8 Å². The van der Waals surface area contributed by atoms with E-state index in [4.69, 9.17) is 14.2 Å². The van der Waals surface area contributed by atoms with Gasteiger partial charge in [-0.05, 0) is 73.7 Å². The van der Waals surface area contributed by atoms with Crippen LogP contribution < -0.4 is 0 Å². The number of carbonyl (C=O) groups excluding carboxylic acids is 3. The van der Waals surface area contributed by atoms with E-state index in [0.29, 0.717) is 33.8 Å². The molecule has 4 aliphatic carbocycles. The standard InChI is InChI=1S/C33H54N2O7/c1-31-13-11-23(41-28(37)18-34(3,4)5)16-22(31)9-10-25-24(31)12-14-32(2)30(21-15-27(36)40-20-21)26(17-33(25,32)39)42-29(38)19-35(6,7)8/h15,22-26,30,39H,9-14,16-20H2,1-8H3/q+2/t22?,23?,24-,25+,26?,30?,31?,32?,33?/m0/s1. The molecule has 0 radical (unpaired) electrons. The second-order valence-electron chi connectivity index (χ2n) is 16.7. The summed E-state index contributed by atoms with van der Waals surface area (Å²) in [5.74, 6) is -0.152. The van der Waals surface area contributed by atoms with E-state index in [1.807, 2.05) is 42.3 Å². The molecular weight excluding hydrogens is 536 g/mol. The number of likely N-dealkylation sites (N-methyl/N-ethyl adjacent to an activating group) is 2. The second kappa shape index (κ2) is 10.6. The molecule has 0 saturated heterocycles. The van der Waals surface area contributed by atoms with Crippen LogP contribution in [-0.2, 0) is 28.6 Å². The van der Waals surface area contributed by atoms with E-state index in [-0.39, 0.29) is 54.4 Å². The monoisotopic (exact) mass is 590 g/mol. The fourth-order valence-electron chi connectivity index (χ4n) is 9.84. The lowest BCUT2D eigenvalue weighted by Gasteiger charge is -2.63. The molecule has 0 aromatic heterocycles. The minimum absolute atomic E-state index is 0.0386. The maximum Gasteiger partial charge on any atom is 0.362 e. The first kappa shape index (κ1) is 31.5. The molecule has 0 aromatic rings. The van der Waals surface area contributed by atoms with Crippen LogP contribution in [0.15, 0.2) is 11.6 Å². The number of fused-ring (bicyclic) bond motifs is 5. The van der Waals surface area contributed by atoms with Gasteiger partial charge in [0.25, 0.3) is 0 Å². The Balaban J connectivity index is 1.37. The molecule has 9 heteroatoms. The summed E-state index contributed by atoms with van der Waals surface area (Å²) < 4.78 is 18.5. The van der Waals surface area contributed by atoms with Gasteiger partial charge in [-0.1, -0.05) is 13.8 Å². The third kappa shape index (κ3) is 5.65. The first-order chi connectivity index (χ1) is 19.3. The highest BCUT2D eigenvalue weighted by atomic mass is 16.6. The third-order valence-electron chi connectivity index (χ3n) is 11.7. The summed E-state index contributed by atoms with van der Waals surface area (Å²) in [6.07, 6.45) is 7.81. The molecule has 1 aliphatic heterocycles. The van der Waals surface area contributed by atoms with Gasteiger partial charge in [0.2, 0.25) is 0 Å². The zero-order valence-corrected chi connectivity index (χ0v) is 27.1. The fourth-order valence-corrected chi connectivity index (χ4v) is 9.84. The smallest absolute Gasteiger partial charge is 0.362 e. The van der Waals surface area contributed by atoms with Crippen molar-refractivity contribution >= 4 is 17.9 Å². The number of hydrogen-bond acceptors (Lipinski definition) is 7. The maximum atomic E-state index is 13.1. The van der Waals surface area contributed by atoms with E-state index in [1.54, 1.807) is 6.08 Å². The Morgan fingerprint density at radius 1 is 0.929 bits per heavy atom. The average Bonchev–Trinajstić information content (AvgIpc) is 3.34. The lowest BCUT2D eigenvalue weighted by atomic mass is 9.43. The molecule has 0 bridgehead atoms. The minimum atomic E-state index is -1.02. The van der Waals surface area contributed by atoms with Crippen LogP contribution in [0.3, 0.4) is 0 Å². The summed E-state index contributed by atoms with van der Waals surface area (Å²) >= 11 is 0. The normalized spacial score (nSPS) is 41.6. The van der Waals surface area contributed by atoms with Crippen molar-refractivity contribution in [2.45, 2.75) is 83.0 Å². The molecule has 7 unspecified atom stereocenters. The van der Waals surface area contributed by atoms with Crippen LogP contribution in [0.5, 0.6) is 0 Å². The van der Waals surface area contributed by atoms with Gasteiger partial charge in [0.15, 0.2) is 13.1 Å². The van der Waals surface area contributed by atoms with Crippen molar-refractivity contribution in [1.82, 2.24) is 0 Å². The van der Waals surface area contributed by atoms with Gasteiger partial charge in [0.05, 0.1) is 47.9 Å². The van der Waals surface area contributed by atoms with Crippen molar-refractivity contribution in [3.05, 3.63) is 11.6 Å². The molecule has 4 fully saturated rings.